The topological polar surface area (TPSA) is 119 Å². The fraction of sp³-hybridized carbons (Fsp3) is 0.238. The summed E-state index contributed by atoms with van der Waals surface area (Å²) < 4.78 is 5.47. The maximum Gasteiger partial charge on any atom is 0.262 e. The number of hydrogen-bond acceptors (Lipinski definition) is 5. The van der Waals surface area contributed by atoms with Gasteiger partial charge in [0.1, 0.15) is 6.61 Å². The molecule has 8 nitrogen and oxygen atoms in total. The summed E-state index contributed by atoms with van der Waals surface area (Å²) in [6.07, 6.45) is 0. The van der Waals surface area contributed by atoms with E-state index in [1.165, 1.54) is 6.07 Å². The maximum atomic E-state index is 12.6. The number of ether oxygens (including phenoxy) is 1. The van der Waals surface area contributed by atoms with Crippen molar-refractivity contribution in [1.82, 2.24) is 4.90 Å². The van der Waals surface area contributed by atoms with E-state index >= 15 is 0 Å². The van der Waals surface area contributed by atoms with Crippen molar-refractivity contribution < 1.29 is 23.9 Å². The number of anilines is 1. The van der Waals surface area contributed by atoms with E-state index in [1.807, 2.05) is 0 Å². The minimum absolute atomic E-state index is 0.0383. The molecule has 0 atom stereocenters. The van der Waals surface area contributed by atoms with Crippen molar-refractivity contribution in [1.29, 1.82) is 0 Å². The van der Waals surface area contributed by atoms with E-state index in [-0.39, 0.29) is 36.3 Å². The number of rotatable bonds is 7. The SMILES string of the molecule is CC(C)(COCC(=O)Nc1ccccc1C(N)=O)N1C(=O)c2ccccc2C1=O. The van der Waals surface area contributed by atoms with Crippen LogP contribution in [0.5, 0.6) is 0 Å². The predicted molar refractivity (Wildman–Crippen MR) is 105 cm³/mol. The van der Waals surface area contributed by atoms with Gasteiger partial charge in [-0.2, -0.15) is 0 Å². The zero-order valence-corrected chi connectivity index (χ0v) is 16.1. The van der Waals surface area contributed by atoms with E-state index in [0.717, 1.165) is 4.90 Å². The molecule has 0 saturated heterocycles. The Kier molecular flexibility index (Phi) is 5.47. The van der Waals surface area contributed by atoms with Crippen molar-refractivity contribution in [3.05, 3.63) is 65.2 Å². The smallest absolute Gasteiger partial charge is 0.262 e. The Balaban J connectivity index is 1.60. The van der Waals surface area contributed by atoms with Crippen molar-refractivity contribution in [3.63, 3.8) is 0 Å². The summed E-state index contributed by atoms with van der Waals surface area (Å²) >= 11 is 0. The van der Waals surface area contributed by atoms with E-state index in [1.54, 1.807) is 56.3 Å². The number of hydrogen-bond donors (Lipinski definition) is 2. The monoisotopic (exact) mass is 395 g/mol. The van der Waals surface area contributed by atoms with Crippen LogP contribution in [0.4, 0.5) is 5.69 Å². The molecule has 3 rings (SSSR count). The highest BCUT2D eigenvalue weighted by Gasteiger charge is 2.44. The normalized spacial score (nSPS) is 13.4. The zero-order chi connectivity index (χ0) is 21.2. The number of carbonyl (C=O) groups is 4. The second-order valence-corrected chi connectivity index (χ2v) is 7.25. The lowest BCUT2D eigenvalue weighted by molar-refractivity contribution is -0.121. The molecule has 0 aromatic heterocycles. The summed E-state index contributed by atoms with van der Waals surface area (Å²) in [5, 5.41) is 2.57. The first-order valence-electron chi connectivity index (χ1n) is 8.97. The third-order valence-electron chi connectivity index (χ3n) is 4.55. The highest BCUT2D eigenvalue weighted by Crippen LogP contribution is 2.29. The van der Waals surface area contributed by atoms with Crippen LogP contribution in [0.25, 0.3) is 0 Å². The maximum absolute atomic E-state index is 12.6. The van der Waals surface area contributed by atoms with Crippen molar-refractivity contribution in [2.24, 2.45) is 5.73 Å². The first kappa shape index (κ1) is 20.2. The standard InChI is InChI=1S/C21H21N3O5/c1-21(2,24-19(27)13-7-3-4-8-14(13)20(24)28)12-29-11-17(25)23-16-10-6-5-9-15(16)18(22)26/h3-10H,11-12H2,1-2H3,(H2,22,26)(H,23,25). The van der Waals surface area contributed by atoms with Crippen molar-refractivity contribution >= 4 is 29.3 Å². The number of nitrogens with one attached hydrogen (secondary N) is 1. The van der Waals surface area contributed by atoms with Crippen molar-refractivity contribution in [2.75, 3.05) is 18.5 Å². The van der Waals surface area contributed by atoms with Gasteiger partial charge in [-0.25, -0.2) is 0 Å². The molecule has 0 bridgehead atoms. The van der Waals surface area contributed by atoms with Crippen LogP contribution in [0.1, 0.15) is 44.9 Å². The summed E-state index contributed by atoms with van der Waals surface area (Å²) in [5.41, 5.74) is 5.51. The molecular weight excluding hydrogens is 374 g/mol. The second kappa shape index (κ2) is 7.84. The molecule has 0 spiro atoms. The first-order chi connectivity index (χ1) is 13.7. The van der Waals surface area contributed by atoms with Crippen LogP contribution in [-0.2, 0) is 9.53 Å². The minimum atomic E-state index is -0.960. The molecule has 1 aliphatic heterocycles. The Morgan fingerprint density at radius 2 is 1.55 bits per heavy atom. The first-order valence-corrected chi connectivity index (χ1v) is 8.97. The summed E-state index contributed by atoms with van der Waals surface area (Å²) in [4.78, 5) is 50.0. The molecule has 0 saturated carbocycles. The van der Waals surface area contributed by atoms with Gasteiger partial charge in [0, 0.05) is 0 Å². The third kappa shape index (κ3) is 4.02. The van der Waals surface area contributed by atoms with Crippen LogP contribution in [0.2, 0.25) is 0 Å². The number of fused-ring (bicyclic) bond motifs is 1. The average Bonchev–Trinajstić information content (AvgIpc) is 2.93. The van der Waals surface area contributed by atoms with Crippen LogP contribution in [-0.4, -0.2) is 47.3 Å². The van der Waals surface area contributed by atoms with E-state index in [9.17, 15) is 19.2 Å². The Hall–Kier alpha value is -3.52. The van der Waals surface area contributed by atoms with Gasteiger partial charge in [0.25, 0.3) is 17.7 Å². The highest BCUT2D eigenvalue weighted by molar-refractivity contribution is 6.21. The van der Waals surface area contributed by atoms with Crippen molar-refractivity contribution in [2.45, 2.75) is 19.4 Å². The van der Waals surface area contributed by atoms with E-state index in [4.69, 9.17) is 10.5 Å². The second-order valence-electron chi connectivity index (χ2n) is 7.25. The summed E-state index contributed by atoms with van der Waals surface area (Å²) in [6, 6.07) is 13.0. The number of imide groups is 1. The molecule has 2 aromatic rings. The molecule has 0 unspecified atom stereocenters. The number of nitrogens with zero attached hydrogens (tertiary/aromatic N) is 1. The third-order valence-corrected chi connectivity index (χ3v) is 4.55. The highest BCUT2D eigenvalue weighted by atomic mass is 16.5. The lowest BCUT2D eigenvalue weighted by Crippen LogP contribution is -2.50. The number of benzene rings is 2. The molecule has 3 N–H and O–H groups in total. The summed E-state index contributed by atoms with van der Waals surface area (Å²) in [6.45, 7) is 3.02. The molecule has 4 amide bonds. The van der Waals surface area contributed by atoms with Gasteiger partial charge in [-0.05, 0) is 38.1 Å². The molecule has 29 heavy (non-hydrogen) atoms. The lowest BCUT2D eigenvalue weighted by atomic mass is 10.0. The number of carbonyl (C=O) groups excluding carboxylic acids is 4. The predicted octanol–water partition coefficient (Wildman–Crippen LogP) is 1.82. The Bertz CT molecular complexity index is 964. The molecule has 0 aliphatic carbocycles. The number of amides is 4. The van der Waals surface area contributed by atoms with Crippen LogP contribution in [0.15, 0.2) is 48.5 Å². The van der Waals surface area contributed by atoms with Crippen molar-refractivity contribution in [3.8, 4) is 0 Å². The molecular formula is C21H21N3O5. The summed E-state index contributed by atoms with van der Waals surface area (Å²) in [5.74, 6) is -1.93. The average molecular weight is 395 g/mol. The van der Waals surface area contributed by atoms with E-state index in [2.05, 4.69) is 5.32 Å². The van der Waals surface area contributed by atoms with Crippen LogP contribution < -0.4 is 11.1 Å². The van der Waals surface area contributed by atoms with Gasteiger partial charge in [0.15, 0.2) is 0 Å². The van der Waals surface area contributed by atoms with Gasteiger partial charge in [0.2, 0.25) is 5.91 Å². The summed E-state index contributed by atoms with van der Waals surface area (Å²) in [7, 11) is 0. The molecule has 1 aliphatic rings. The molecule has 0 fully saturated rings. The molecule has 150 valence electrons. The Morgan fingerprint density at radius 3 is 2.14 bits per heavy atom. The molecule has 1 heterocycles. The minimum Gasteiger partial charge on any atom is -0.369 e. The molecule has 0 radical (unpaired) electrons. The lowest BCUT2D eigenvalue weighted by Gasteiger charge is -2.33. The van der Waals surface area contributed by atoms with Crippen LogP contribution >= 0.6 is 0 Å². The number of nitrogens with two attached hydrogens (primary N) is 1. The Morgan fingerprint density at radius 1 is 1.00 bits per heavy atom. The molecule has 2 aromatic carbocycles. The van der Waals surface area contributed by atoms with Gasteiger partial charge in [-0.3, -0.25) is 24.1 Å². The largest absolute Gasteiger partial charge is 0.369 e. The zero-order valence-electron chi connectivity index (χ0n) is 16.1. The van der Waals surface area contributed by atoms with Crippen LogP contribution in [0, 0.1) is 0 Å². The van der Waals surface area contributed by atoms with Gasteiger partial charge in [-0.15, -0.1) is 0 Å². The van der Waals surface area contributed by atoms with Gasteiger partial charge < -0.3 is 15.8 Å². The molecule has 8 heteroatoms. The van der Waals surface area contributed by atoms with Gasteiger partial charge in [-0.1, -0.05) is 24.3 Å². The van der Waals surface area contributed by atoms with E-state index in [0.29, 0.717) is 11.1 Å². The fourth-order valence-electron chi connectivity index (χ4n) is 3.19. The fourth-order valence-corrected chi connectivity index (χ4v) is 3.19. The number of para-hydroxylation sites is 1. The van der Waals surface area contributed by atoms with Crippen LogP contribution in [0.3, 0.4) is 0 Å². The van der Waals surface area contributed by atoms with E-state index < -0.39 is 17.4 Å². The van der Waals surface area contributed by atoms with Gasteiger partial charge in [0.05, 0.1) is 34.5 Å². The number of primary amides is 1. The Labute approximate surface area is 167 Å². The quantitative estimate of drug-likeness (QED) is 0.693. The van der Waals surface area contributed by atoms with Gasteiger partial charge >= 0.3 is 0 Å².